The van der Waals surface area contributed by atoms with Gasteiger partial charge in [0, 0.05) is 19.3 Å². The van der Waals surface area contributed by atoms with Gasteiger partial charge in [-0.25, -0.2) is 4.39 Å². The zero-order valence-electron chi connectivity index (χ0n) is 11.2. The summed E-state index contributed by atoms with van der Waals surface area (Å²) in [4.78, 5) is 0. The molecule has 2 nitrogen and oxygen atoms in total. The lowest BCUT2D eigenvalue weighted by atomic mass is 10.1. The van der Waals surface area contributed by atoms with Crippen LogP contribution in [0.5, 0.6) is 0 Å². The molecule has 2 aromatic rings. The van der Waals surface area contributed by atoms with Crippen LogP contribution in [0.15, 0.2) is 42.5 Å². The SMILES string of the molecule is COCc1ccccc1CNc1ccc(F)cc1C. The largest absolute Gasteiger partial charge is 0.381 e. The van der Waals surface area contributed by atoms with Crippen molar-refractivity contribution < 1.29 is 9.13 Å². The quantitative estimate of drug-likeness (QED) is 0.879. The summed E-state index contributed by atoms with van der Waals surface area (Å²) in [5.74, 6) is -0.206. The molecule has 3 heteroatoms. The van der Waals surface area contributed by atoms with Gasteiger partial charge < -0.3 is 10.1 Å². The van der Waals surface area contributed by atoms with Gasteiger partial charge in [0.1, 0.15) is 5.82 Å². The molecule has 0 fully saturated rings. The lowest BCUT2D eigenvalue weighted by molar-refractivity contribution is 0.184. The second-order valence-corrected chi connectivity index (χ2v) is 4.51. The van der Waals surface area contributed by atoms with E-state index >= 15 is 0 Å². The van der Waals surface area contributed by atoms with Gasteiger partial charge in [-0.2, -0.15) is 0 Å². The van der Waals surface area contributed by atoms with Crippen LogP contribution < -0.4 is 5.32 Å². The van der Waals surface area contributed by atoms with Gasteiger partial charge in [-0.15, -0.1) is 0 Å². The number of ether oxygens (including phenoxy) is 1. The molecule has 0 aliphatic carbocycles. The number of hydrogen-bond donors (Lipinski definition) is 1. The van der Waals surface area contributed by atoms with Crippen LogP contribution in [0, 0.1) is 12.7 Å². The number of anilines is 1. The first-order valence-electron chi connectivity index (χ1n) is 6.26. The van der Waals surface area contributed by atoms with Crippen molar-refractivity contribution in [1.29, 1.82) is 0 Å². The first-order valence-corrected chi connectivity index (χ1v) is 6.26. The minimum Gasteiger partial charge on any atom is -0.381 e. The Kier molecular flexibility index (Phi) is 4.53. The van der Waals surface area contributed by atoms with E-state index in [2.05, 4.69) is 17.4 Å². The van der Waals surface area contributed by atoms with Crippen LogP contribution in [0.25, 0.3) is 0 Å². The van der Waals surface area contributed by atoms with Gasteiger partial charge in [0.2, 0.25) is 0 Å². The second kappa shape index (κ2) is 6.34. The molecule has 0 radical (unpaired) electrons. The van der Waals surface area contributed by atoms with Crippen molar-refractivity contribution in [3.63, 3.8) is 0 Å². The highest BCUT2D eigenvalue weighted by atomic mass is 19.1. The molecule has 2 rings (SSSR count). The van der Waals surface area contributed by atoms with Crippen LogP contribution >= 0.6 is 0 Å². The molecule has 100 valence electrons. The van der Waals surface area contributed by atoms with Gasteiger partial charge in [0.05, 0.1) is 6.61 Å². The number of aryl methyl sites for hydroxylation is 1. The summed E-state index contributed by atoms with van der Waals surface area (Å²) in [5.41, 5.74) is 4.21. The molecule has 0 bridgehead atoms. The maximum atomic E-state index is 13.0. The third kappa shape index (κ3) is 3.55. The van der Waals surface area contributed by atoms with Crippen molar-refractivity contribution in [2.24, 2.45) is 0 Å². The zero-order valence-corrected chi connectivity index (χ0v) is 11.2. The van der Waals surface area contributed by atoms with E-state index < -0.39 is 0 Å². The summed E-state index contributed by atoms with van der Waals surface area (Å²) in [6.45, 7) is 3.19. The second-order valence-electron chi connectivity index (χ2n) is 4.51. The Balaban J connectivity index is 2.10. The first-order chi connectivity index (χ1) is 9.20. The van der Waals surface area contributed by atoms with Gasteiger partial charge in [-0.1, -0.05) is 24.3 Å². The van der Waals surface area contributed by atoms with Crippen molar-refractivity contribution in [1.82, 2.24) is 0 Å². The molecule has 2 aromatic carbocycles. The maximum absolute atomic E-state index is 13.0. The Morgan fingerprint density at radius 2 is 1.84 bits per heavy atom. The fraction of sp³-hybridized carbons (Fsp3) is 0.250. The summed E-state index contributed by atoms with van der Waals surface area (Å²) >= 11 is 0. The number of halogens is 1. The van der Waals surface area contributed by atoms with Crippen LogP contribution in [0.2, 0.25) is 0 Å². The monoisotopic (exact) mass is 259 g/mol. The van der Waals surface area contributed by atoms with Gasteiger partial charge >= 0.3 is 0 Å². The molecule has 0 atom stereocenters. The van der Waals surface area contributed by atoms with Crippen LogP contribution in [-0.2, 0) is 17.9 Å². The van der Waals surface area contributed by atoms with E-state index in [1.807, 2.05) is 19.1 Å². The summed E-state index contributed by atoms with van der Waals surface area (Å²) in [5, 5.41) is 3.33. The summed E-state index contributed by atoms with van der Waals surface area (Å²) in [7, 11) is 1.69. The Bertz CT molecular complexity index is 554. The molecule has 0 saturated heterocycles. The summed E-state index contributed by atoms with van der Waals surface area (Å²) in [6, 6.07) is 12.9. The predicted molar refractivity (Wildman–Crippen MR) is 75.6 cm³/mol. The fourth-order valence-electron chi connectivity index (χ4n) is 2.04. The highest BCUT2D eigenvalue weighted by Gasteiger charge is 2.03. The molecule has 0 amide bonds. The van der Waals surface area contributed by atoms with E-state index in [1.165, 1.54) is 17.7 Å². The Morgan fingerprint density at radius 3 is 2.53 bits per heavy atom. The molecular weight excluding hydrogens is 241 g/mol. The number of benzene rings is 2. The smallest absolute Gasteiger partial charge is 0.123 e. The Labute approximate surface area is 113 Å². The first kappa shape index (κ1) is 13.6. The van der Waals surface area contributed by atoms with E-state index in [-0.39, 0.29) is 5.82 Å². The molecule has 0 aliphatic heterocycles. The van der Waals surface area contributed by atoms with Crippen molar-refractivity contribution in [3.8, 4) is 0 Å². The third-order valence-corrected chi connectivity index (χ3v) is 3.08. The highest BCUT2D eigenvalue weighted by Crippen LogP contribution is 2.18. The zero-order chi connectivity index (χ0) is 13.7. The van der Waals surface area contributed by atoms with Crippen molar-refractivity contribution in [2.45, 2.75) is 20.1 Å². The summed E-state index contributed by atoms with van der Waals surface area (Å²) < 4.78 is 18.2. The molecule has 0 aliphatic rings. The molecule has 1 N–H and O–H groups in total. The topological polar surface area (TPSA) is 21.3 Å². The number of nitrogens with one attached hydrogen (secondary N) is 1. The molecule has 0 aromatic heterocycles. The Morgan fingerprint density at radius 1 is 1.11 bits per heavy atom. The molecule has 19 heavy (non-hydrogen) atoms. The van der Waals surface area contributed by atoms with E-state index in [1.54, 1.807) is 13.2 Å². The van der Waals surface area contributed by atoms with E-state index in [4.69, 9.17) is 4.74 Å². The Hall–Kier alpha value is -1.87. The van der Waals surface area contributed by atoms with Gasteiger partial charge in [-0.3, -0.25) is 0 Å². The maximum Gasteiger partial charge on any atom is 0.123 e. The lowest BCUT2D eigenvalue weighted by Gasteiger charge is -2.12. The van der Waals surface area contributed by atoms with Gasteiger partial charge in [0.25, 0.3) is 0 Å². The van der Waals surface area contributed by atoms with Crippen LogP contribution in [0.4, 0.5) is 10.1 Å². The van der Waals surface area contributed by atoms with E-state index in [9.17, 15) is 4.39 Å². The van der Waals surface area contributed by atoms with Gasteiger partial charge in [0.15, 0.2) is 0 Å². The van der Waals surface area contributed by atoms with Crippen LogP contribution in [0.1, 0.15) is 16.7 Å². The minimum atomic E-state index is -0.206. The normalized spacial score (nSPS) is 10.5. The van der Waals surface area contributed by atoms with Crippen molar-refractivity contribution in [3.05, 3.63) is 65.0 Å². The standard InChI is InChI=1S/C16H18FNO/c1-12-9-15(17)7-8-16(12)18-10-13-5-3-4-6-14(13)11-19-2/h3-9,18H,10-11H2,1-2H3. The van der Waals surface area contributed by atoms with E-state index in [0.29, 0.717) is 13.2 Å². The number of rotatable bonds is 5. The van der Waals surface area contributed by atoms with Crippen molar-refractivity contribution >= 4 is 5.69 Å². The van der Waals surface area contributed by atoms with Crippen LogP contribution in [0.3, 0.4) is 0 Å². The van der Waals surface area contributed by atoms with Crippen LogP contribution in [-0.4, -0.2) is 7.11 Å². The average Bonchev–Trinajstić information content (AvgIpc) is 2.40. The number of hydrogen-bond acceptors (Lipinski definition) is 2. The number of methoxy groups -OCH3 is 1. The van der Waals surface area contributed by atoms with E-state index in [0.717, 1.165) is 16.8 Å². The predicted octanol–water partition coefficient (Wildman–Crippen LogP) is 3.89. The highest BCUT2D eigenvalue weighted by molar-refractivity contribution is 5.51. The van der Waals surface area contributed by atoms with Crippen molar-refractivity contribution in [2.75, 3.05) is 12.4 Å². The molecule has 0 spiro atoms. The third-order valence-electron chi connectivity index (χ3n) is 3.08. The minimum absolute atomic E-state index is 0.206. The lowest BCUT2D eigenvalue weighted by Crippen LogP contribution is -2.04. The molecule has 0 heterocycles. The average molecular weight is 259 g/mol. The molecule has 0 saturated carbocycles. The fourth-order valence-corrected chi connectivity index (χ4v) is 2.04. The summed E-state index contributed by atoms with van der Waals surface area (Å²) in [6.07, 6.45) is 0. The molecular formula is C16H18FNO. The molecule has 0 unspecified atom stereocenters. The van der Waals surface area contributed by atoms with Gasteiger partial charge in [-0.05, 0) is 41.8 Å².